The molecule has 0 aliphatic rings. The molecule has 9 heteroatoms. The minimum absolute atomic E-state index is 0. The molecule has 0 rings (SSSR count). The second kappa shape index (κ2) is 21.7. The topological polar surface area (TPSA) is 149 Å². The standard InChI is InChI=1S/4C11H20O2.Zr/c4*1-10(2,3)8(12)7-9(13)11(4,5)6;/h4*7,12H,1-6H3;/b8-7-;;;;. The van der Waals surface area contributed by atoms with Crippen LogP contribution in [0.2, 0.25) is 0 Å². The van der Waals surface area contributed by atoms with E-state index in [-0.39, 0.29) is 94.0 Å². The Morgan fingerprint density at radius 2 is 0.358 bits per heavy atom. The summed E-state index contributed by atoms with van der Waals surface area (Å²) in [6.07, 6.45) is 5.33. The molecule has 0 bridgehead atoms. The summed E-state index contributed by atoms with van der Waals surface area (Å²) in [7, 11) is 0. The van der Waals surface area contributed by atoms with Crippen molar-refractivity contribution in [1.29, 1.82) is 0 Å². The van der Waals surface area contributed by atoms with Crippen molar-refractivity contribution >= 4 is 23.1 Å². The largest absolute Gasteiger partial charge is 0.512 e. The van der Waals surface area contributed by atoms with E-state index >= 15 is 0 Å². The number of allylic oxidation sites excluding steroid dienone is 8. The first kappa shape index (κ1) is 60.0. The number of aliphatic hydroxyl groups excluding tert-OH is 4. The van der Waals surface area contributed by atoms with Crippen LogP contribution in [0.3, 0.4) is 0 Å². The Hall–Kier alpha value is -2.28. The molecule has 0 aromatic carbocycles. The molecule has 4 N–H and O–H groups in total. The Kier molecular flexibility index (Phi) is 24.6. The van der Waals surface area contributed by atoms with Crippen LogP contribution in [0.1, 0.15) is 166 Å². The van der Waals surface area contributed by atoms with Crippen LogP contribution in [0.5, 0.6) is 0 Å². The van der Waals surface area contributed by atoms with Crippen LogP contribution in [0.4, 0.5) is 0 Å². The molecule has 0 atom stereocenters. The van der Waals surface area contributed by atoms with Gasteiger partial charge in [0.05, 0.1) is 0 Å². The molecule has 0 radical (unpaired) electrons. The number of hydrogen-bond donors (Lipinski definition) is 4. The van der Waals surface area contributed by atoms with Crippen LogP contribution in [-0.4, -0.2) is 43.6 Å². The van der Waals surface area contributed by atoms with Gasteiger partial charge >= 0.3 is 0 Å². The molecule has 0 fully saturated rings. The van der Waals surface area contributed by atoms with E-state index in [0.29, 0.717) is 0 Å². The Bertz CT molecular complexity index is 1110. The van der Waals surface area contributed by atoms with Crippen LogP contribution in [0.15, 0.2) is 47.3 Å². The molecule has 0 unspecified atom stereocenters. The van der Waals surface area contributed by atoms with Gasteiger partial charge in [-0.05, 0) is 0 Å². The average molecular weight is 828 g/mol. The van der Waals surface area contributed by atoms with Crippen LogP contribution < -0.4 is 0 Å². The fourth-order valence-corrected chi connectivity index (χ4v) is 2.23. The second-order valence-electron chi connectivity index (χ2n) is 21.6. The molecule has 308 valence electrons. The van der Waals surface area contributed by atoms with Crippen molar-refractivity contribution in [2.24, 2.45) is 43.3 Å². The van der Waals surface area contributed by atoms with Crippen molar-refractivity contribution in [1.82, 2.24) is 0 Å². The molecule has 0 spiro atoms. The molecular formula is C44H80O8Zr. The molecule has 8 nitrogen and oxygen atoms in total. The Balaban J connectivity index is -0.000000192. The van der Waals surface area contributed by atoms with E-state index in [0.717, 1.165) is 0 Å². The van der Waals surface area contributed by atoms with Crippen molar-refractivity contribution < 1.29 is 65.8 Å². The number of rotatable bonds is 4. The molecule has 0 aliphatic carbocycles. The Morgan fingerprint density at radius 1 is 0.264 bits per heavy atom. The van der Waals surface area contributed by atoms with Gasteiger partial charge in [-0.3, -0.25) is 19.2 Å². The fourth-order valence-electron chi connectivity index (χ4n) is 2.23. The van der Waals surface area contributed by atoms with Gasteiger partial charge in [0.25, 0.3) is 0 Å². The SMILES string of the molecule is CC(C)(C)C(=O)/C=C(\O)C(C)(C)C.CC(C)(C)C(=O)C=C(O)C(C)(C)C.CC(C)(C)C(=O)C=C(O)C(C)(C)C.CC(C)(C)C(=O)C=C(O)C(C)(C)C.[Zr]. The second-order valence-corrected chi connectivity index (χ2v) is 21.6. The van der Waals surface area contributed by atoms with Crippen LogP contribution in [0.25, 0.3) is 0 Å². The molecule has 0 amide bonds. The number of carbonyl (C=O) groups is 4. The summed E-state index contributed by atoms with van der Waals surface area (Å²) in [6, 6.07) is 0. The number of carbonyl (C=O) groups excluding carboxylic acids is 4. The van der Waals surface area contributed by atoms with E-state index in [4.69, 9.17) is 0 Å². The van der Waals surface area contributed by atoms with Crippen molar-refractivity contribution in [3.8, 4) is 0 Å². The predicted octanol–water partition coefficient (Wildman–Crippen LogP) is 12.4. The number of ketones is 4. The zero-order chi connectivity index (χ0) is 43.4. The summed E-state index contributed by atoms with van der Waals surface area (Å²) in [4.78, 5) is 45.9. The zero-order valence-corrected chi connectivity index (χ0v) is 40.7. The van der Waals surface area contributed by atoms with Gasteiger partial charge in [0.15, 0.2) is 23.1 Å². The van der Waals surface area contributed by atoms with E-state index in [9.17, 15) is 39.6 Å². The molecule has 0 heterocycles. The van der Waals surface area contributed by atoms with Gasteiger partial charge in [0, 0.05) is 93.8 Å². The Labute approximate surface area is 344 Å². The Morgan fingerprint density at radius 3 is 0.415 bits per heavy atom. The van der Waals surface area contributed by atoms with E-state index in [1.165, 1.54) is 24.3 Å². The molecule has 0 saturated carbocycles. The van der Waals surface area contributed by atoms with Crippen LogP contribution in [-0.2, 0) is 45.4 Å². The van der Waals surface area contributed by atoms with Gasteiger partial charge < -0.3 is 20.4 Å². The van der Waals surface area contributed by atoms with E-state index in [1.807, 2.05) is 166 Å². The molecule has 0 aromatic heterocycles. The molecule has 0 saturated heterocycles. The summed E-state index contributed by atoms with van der Waals surface area (Å²) < 4.78 is 0. The third kappa shape index (κ3) is 29.7. The summed E-state index contributed by atoms with van der Waals surface area (Å²) >= 11 is 0. The molecular weight excluding hydrogens is 748 g/mol. The van der Waals surface area contributed by atoms with Crippen LogP contribution in [0, 0.1) is 43.3 Å². The van der Waals surface area contributed by atoms with Crippen molar-refractivity contribution in [2.45, 2.75) is 166 Å². The summed E-state index contributed by atoms with van der Waals surface area (Å²) in [6.45, 7) is 44.5. The third-order valence-electron chi connectivity index (χ3n) is 7.10. The van der Waals surface area contributed by atoms with Gasteiger partial charge in [-0.15, -0.1) is 0 Å². The normalized spacial score (nSPS) is 14.2. The van der Waals surface area contributed by atoms with Crippen molar-refractivity contribution in [3.05, 3.63) is 47.3 Å². The van der Waals surface area contributed by atoms with E-state index in [2.05, 4.69) is 0 Å². The van der Waals surface area contributed by atoms with Gasteiger partial charge in [0.1, 0.15) is 23.0 Å². The van der Waals surface area contributed by atoms with Crippen molar-refractivity contribution in [2.75, 3.05) is 0 Å². The third-order valence-corrected chi connectivity index (χ3v) is 7.10. The van der Waals surface area contributed by atoms with Gasteiger partial charge in [-0.2, -0.15) is 0 Å². The maximum atomic E-state index is 11.5. The van der Waals surface area contributed by atoms with E-state index in [1.54, 1.807) is 0 Å². The van der Waals surface area contributed by atoms with Gasteiger partial charge in [-0.1, -0.05) is 166 Å². The quantitative estimate of drug-likeness (QED) is 0.162. The number of hydrogen-bond acceptors (Lipinski definition) is 8. The average Bonchev–Trinajstić information content (AvgIpc) is 2.85. The summed E-state index contributed by atoms with van der Waals surface area (Å²) in [5.74, 6) is 0.416. The van der Waals surface area contributed by atoms with Gasteiger partial charge in [-0.25, -0.2) is 0 Å². The molecule has 53 heavy (non-hydrogen) atoms. The first-order chi connectivity index (χ1) is 22.2. The van der Waals surface area contributed by atoms with Crippen LogP contribution >= 0.6 is 0 Å². The minimum Gasteiger partial charge on any atom is -0.512 e. The molecule has 0 aromatic rings. The number of aliphatic hydroxyl groups is 4. The fraction of sp³-hybridized carbons (Fsp3) is 0.727. The zero-order valence-electron chi connectivity index (χ0n) is 38.2. The van der Waals surface area contributed by atoms with E-state index < -0.39 is 21.7 Å². The van der Waals surface area contributed by atoms with Crippen molar-refractivity contribution in [3.63, 3.8) is 0 Å². The first-order valence-corrected chi connectivity index (χ1v) is 18.0. The maximum absolute atomic E-state index is 11.5. The van der Waals surface area contributed by atoms with Gasteiger partial charge in [0.2, 0.25) is 0 Å². The minimum atomic E-state index is -0.417. The first-order valence-electron chi connectivity index (χ1n) is 18.0. The molecule has 0 aliphatic heterocycles. The monoisotopic (exact) mass is 826 g/mol. The summed E-state index contributed by atoms with van der Waals surface area (Å²) in [5, 5.41) is 38.2. The maximum Gasteiger partial charge on any atom is 0.164 e. The smallest absolute Gasteiger partial charge is 0.164 e. The summed E-state index contributed by atoms with van der Waals surface area (Å²) in [5.41, 5.74) is -3.06. The predicted molar refractivity (Wildman–Crippen MR) is 219 cm³/mol.